The molecule has 0 aromatic heterocycles. The SMILES string of the molecule is CC(N)C1CCCCN1C(=O)c1ccc2c(c1)CCCN2S(C)(=O)=O. The standard InChI is InChI=1S/C18H27N3O3S/c1-13(19)16-7-3-4-10-20(16)18(22)15-8-9-17-14(12-15)6-5-11-21(17)25(2,23)24/h8-9,12-13,16H,3-7,10-11,19H2,1-2H3. The van der Waals surface area contributed by atoms with E-state index in [2.05, 4.69) is 0 Å². The Balaban J connectivity index is 1.90. The fraction of sp³-hybridized carbons (Fsp3) is 0.611. The van der Waals surface area contributed by atoms with E-state index in [-0.39, 0.29) is 18.0 Å². The molecular formula is C18H27N3O3S. The Labute approximate surface area is 150 Å². The predicted molar refractivity (Wildman–Crippen MR) is 99.3 cm³/mol. The molecule has 3 rings (SSSR count). The van der Waals surface area contributed by atoms with E-state index < -0.39 is 10.0 Å². The van der Waals surface area contributed by atoms with Crippen LogP contribution in [0.2, 0.25) is 0 Å². The number of piperidine rings is 1. The van der Waals surface area contributed by atoms with Gasteiger partial charge >= 0.3 is 0 Å². The van der Waals surface area contributed by atoms with Crippen LogP contribution in [0.5, 0.6) is 0 Å². The summed E-state index contributed by atoms with van der Waals surface area (Å²) in [6.45, 7) is 3.18. The molecule has 2 aliphatic rings. The van der Waals surface area contributed by atoms with Crippen LogP contribution in [0.15, 0.2) is 18.2 Å². The zero-order chi connectivity index (χ0) is 18.2. The molecular weight excluding hydrogens is 338 g/mol. The van der Waals surface area contributed by atoms with Crippen LogP contribution < -0.4 is 10.0 Å². The van der Waals surface area contributed by atoms with Crippen LogP contribution in [-0.4, -0.2) is 50.7 Å². The maximum absolute atomic E-state index is 13.0. The second kappa shape index (κ2) is 6.96. The highest BCUT2D eigenvalue weighted by atomic mass is 32.2. The predicted octanol–water partition coefficient (Wildman–Crippen LogP) is 1.74. The minimum Gasteiger partial charge on any atom is -0.334 e. The van der Waals surface area contributed by atoms with Crippen molar-refractivity contribution in [3.05, 3.63) is 29.3 Å². The summed E-state index contributed by atoms with van der Waals surface area (Å²) < 4.78 is 25.4. The molecule has 2 heterocycles. The fourth-order valence-electron chi connectivity index (χ4n) is 3.96. The molecule has 0 aliphatic carbocycles. The van der Waals surface area contributed by atoms with E-state index in [0.29, 0.717) is 17.8 Å². The number of likely N-dealkylation sites (tertiary alicyclic amines) is 1. The lowest BCUT2D eigenvalue weighted by molar-refractivity contribution is 0.0583. The smallest absolute Gasteiger partial charge is 0.254 e. The molecule has 0 bridgehead atoms. The minimum absolute atomic E-state index is 0.00118. The van der Waals surface area contributed by atoms with E-state index >= 15 is 0 Å². The van der Waals surface area contributed by atoms with Crippen molar-refractivity contribution >= 4 is 21.6 Å². The number of rotatable bonds is 3. The Kier molecular flexibility index (Phi) is 5.06. The van der Waals surface area contributed by atoms with Crippen molar-refractivity contribution in [2.45, 2.75) is 51.1 Å². The van der Waals surface area contributed by atoms with E-state index in [1.165, 1.54) is 10.6 Å². The number of benzene rings is 1. The Hall–Kier alpha value is -1.60. The lowest BCUT2D eigenvalue weighted by Crippen LogP contribution is -2.51. The maximum Gasteiger partial charge on any atom is 0.254 e. The Morgan fingerprint density at radius 3 is 2.68 bits per heavy atom. The van der Waals surface area contributed by atoms with Crippen LogP contribution in [0.1, 0.15) is 48.5 Å². The monoisotopic (exact) mass is 365 g/mol. The van der Waals surface area contributed by atoms with Crippen molar-refractivity contribution in [2.24, 2.45) is 5.73 Å². The third-order valence-corrected chi connectivity index (χ3v) is 6.40. The van der Waals surface area contributed by atoms with Gasteiger partial charge in [0.15, 0.2) is 0 Å². The highest BCUT2D eigenvalue weighted by Gasteiger charge is 2.31. The number of hydrogen-bond donors (Lipinski definition) is 1. The molecule has 1 aromatic carbocycles. The van der Waals surface area contributed by atoms with Gasteiger partial charge in [0.25, 0.3) is 5.91 Å². The summed E-state index contributed by atoms with van der Waals surface area (Å²) in [6, 6.07) is 5.40. The van der Waals surface area contributed by atoms with Gasteiger partial charge in [-0.3, -0.25) is 9.10 Å². The highest BCUT2D eigenvalue weighted by molar-refractivity contribution is 7.92. The number of hydrogen-bond acceptors (Lipinski definition) is 4. The Morgan fingerprint density at radius 2 is 2.00 bits per heavy atom. The molecule has 0 spiro atoms. The number of fused-ring (bicyclic) bond motifs is 1. The van der Waals surface area contributed by atoms with Crippen LogP contribution in [0, 0.1) is 0 Å². The average molecular weight is 365 g/mol. The van der Waals surface area contributed by atoms with Gasteiger partial charge in [-0.15, -0.1) is 0 Å². The lowest BCUT2D eigenvalue weighted by Gasteiger charge is -2.38. The first-order chi connectivity index (χ1) is 11.8. The average Bonchev–Trinajstić information content (AvgIpc) is 2.59. The molecule has 6 nitrogen and oxygen atoms in total. The van der Waals surface area contributed by atoms with E-state index in [1.54, 1.807) is 12.1 Å². The number of anilines is 1. The summed E-state index contributed by atoms with van der Waals surface area (Å²) >= 11 is 0. The van der Waals surface area contributed by atoms with Crippen LogP contribution >= 0.6 is 0 Å². The first kappa shape index (κ1) is 18.2. The summed E-state index contributed by atoms with van der Waals surface area (Å²) in [4.78, 5) is 14.9. The normalized spacial score (nSPS) is 22.4. The number of carbonyl (C=O) groups excluding carboxylic acids is 1. The van der Waals surface area contributed by atoms with Gasteiger partial charge in [-0.25, -0.2) is 8.42 Å². The highest BCUT2D eigenvalue weighted by Crippen LogP contribution is 2.31. The number of nitrogens with two attached hydrogens (primary N) is 1. The third-order valence-electron chi connectivity index (χ3n) is 5.22. The quantitative estimate of drug-likeness (QED) is 0.884. The van der Waals surface area contributed by atoms with E-state index in [1.807, 2.05) is 17.9 Å². The van der Waals surface area contributed by atoms with Crippen LogP contribution in [0.4, 0.5) is 5.69 Å². The number of amides is 1. The number of sulfonamides is 1. The molecule has 138 valence electrons. The molecule has 1 amide bonds. The largest absolute Gasteiger partial charge is 0.334 e. The van der Waals surface area contributed by atoms with Crippen molar-refractivity contribution in [1.82, 2.24) is 4.90 Å². The van der Waals surface area contributed by atoms with Gasteiger partial charge in [-0.05, 0) is 62.8 Å². The van der Waals surface area contributed by atoms with E-state index in [9.17, 15) is 13.2 Å². The molecule has 25 heavy (non-hydrogen) atoms. The Morgan fingerprint density at radius 1 is 1.24 bits per heavy atom. The number of aryl methyl sites for hydroxylation is 1. The van der Waals surface area contributed by atoms with E-state index in [0.717, 1.165) is 44.2 Å². The molecule has 1 fully saturated rings. The molecule has 2 N–H and O–H groups in total. The minimum atomic E-state index is -3.29. The van der Waals surface area contributed by atoms with Crippen LogP contribution in [0.3, 0.4) is 0 Å². The topological polar surface area (TPSA) is 83.7 Å². The summed E-state index contributed by atoms with van der Waals surface area (Å²) in [7, 11) is -3.29. The van der Waals surface area contributed by atoms with Crippen molar-refractivity contribution < 1.29 is 13.2 Å². The van der Waals surface area contributed by atoms with Gasteiger partial charge < -0.3 is 10.6 Å². The lowest BCUT2D eigenvalue weighted by atomic mass is 9.95. The van der Waals surface area contributed by atoms with Gasteiger partial charge in [0.2, 0.25) is 10.0 Å². The molecule has 1 aromatic rings. The zero-order valence-electron chi connectivity index (χ0n) is 14.9. The van der Waals surface area contributed by atoms with Crippen LogP contribution in [0.25, 0.3) is 0 Å². The maximum atomic E-state index is 13.0. The molecule has 0 radical (unpaired) electrons. The summed E-state index contributed by atoms with van der Waals surface area (Å²) in [6.07, 6.45) is 5.83. The second-order valence-electron chi connectivity index (χ2n) is 7.20. The van der Waals surface area contributed by atoms with Gasteiger partial charge in [0.05, 0.1) is 11.9 Å². The van der Waals surface area contributed by atoms with Crippen molar-refractivity contribution in [1.29, 1.82) is 0 Å². The van der Waals surface area contributed by atoms with Crippen LogP contribution in [-0.2, 0) is 16.4 Å². The Bertz CT molecular complexity index is 761. The molecule has 2 unspecified atom stereocenters. The van der Waals surface area contributed by atoms with Gasteiger partial charge in [0, 0.05) is 30.7 Å². The van der Waals surface area contributed by atoms with Crippen molar-refractivity contribution in [3.8, 4) is 0 Å². The molecule has 2 aliphatic heterocycles. The van der Waals surface area contributed by atoms with Crippen molar-refractivity contribution in [2.75, 3.05) is 23.7 Å². The summed E-state index contributed by atoms with van der Waals surface area (Å²) in [5, 5.41) is 0. The molecule has 0 saturated carbocycles. The first-order valence-corrected chi connectivity index (χ1v) is 10.8. The number of carbonyl (C=O) groups is 1. The van der Waals surface area contributed by atoms with Gasteiger partial charge in [-0.2, -0.15) is 0 Å². The summed E-state index contributed by atoms with van der Waals surface area (Å²) in [5.74, 6) is 0.00118. The molecule has 2 atom stereocenters. The third kappa shape index (κ3) is 3.67. The molecule has 1 saturated heterocycles. The second-order valence-corrected chi connectivity index (χ2v) is 9.11. The zero-order valence-corrected chi connectivity index (χ0v) is 15.8. The van der Waals surface area contributed by atoms with Gasteiger partial charge in [0.1, 0.15) is 0 Å². The summed E-state index contributed by atoms with van der Waals surface area (Å²) in [5.41, 5.74) is 8.34. The van der Waals surface area contributed by atoms with Gasteiger partial charge in [-0.1, -0.05) is 0 Å². The fourth-order valence-corrected chi connectivity index (χ4v) is 4.96. The molecule has 7 heteroatoms. The van der Waals surface area contributed by atoms with E-state index in [4.69, 9.17) is 5.73 Å². The number of nitrogens with zero attached hydrogens (tertiary/aromatic N) is 2. The first-order valence-electron chi connectivity index (χ1n) is 8.96. The van der Waals surface area contributed by atoms with Crippen molar-refractivity contribution in [3.63, 3.8) is 0 Å².